The molecule has 0 atom stereocenters. The summed E-state index contributed by atoms with van der Waals surface area (Å²) in [6.45, 7) is 6.04. The largest absolute Gasteiger partial charge is 0.342 e. The highest BCUT2D eigenvalue weighted by Gasteiger charge is 2.25. The van der Waals surface area contributed by atoms with Crippen molar-refractivity contribution in [1.82, 2.24) is 15.1 Å². The van der Waals surface area contributed by atoms with Crippen molar-refractivity contribution in [3.8, 4) is 0 Å². The average molecular weight is 293 g/mol. The van der Waals surface area contributed by atoms with Crippen LogP contribution in [0.1, 0.15) is 51.4 Å². The molecule has 1 N–H and O–H groups in total. The molecule has 3 fully saturated rings. The summed E-state index contributed by atoms with van der Waals surface area (Å²) in [6, 6.07) is 0.827. The van der Waals surface area contributed by atoms with Crippen molar-refractivity contribution in [1.29, 1.82) is 0 Å². The van der Waals surface area contributed by atoms with Gasteiger partial charge in [0.2, 0.25) is 5.91 Å². The van der Waals surface area contributed by atoms with E-state index in [-0.39, 0.29) is 0 Å². The van der Waals surface area contributed by atoms with Crippen LogP contribution in [0.5, 0.6) is 0 Å². The van der Waals surface area contributed by atoms with E-state index >= 15 is 0 Å². The maximum absolute atomic E-state index is 12.4. The van der Waals surface area contributed by atoms with Gasteiger partial charge in [-0.05, 0) is 64.1 Å². The van der Waals surface area contributed by atoms with Crippen molar-refractivity contribution in [3.05, 3.63) is 0 Å². The van der Waals surface area contributed by atoms with E-state index in [2.05, 4.69) is 15.1 Å². The Balaban J connectivity index is 1.34. The topological polar surface area (TPSA) is 35.6 Å². The molecule has 0 aromatic carbocycles. The molecule has 4 nitrogen and oxygen atoms in total. The van der Waals surface area contributed by atoms with Crippen molar-refractivity contribution in [2.24, 2.45) is 5.92 Å². The third-order valence-electron chi connectivity index (χ3n) is 5.30. The molecule has 2 heterocycles. The number of rotatable bonds is 5. The zero-order chi connectivity index (χ0) is 14.5. The Morgan fingerprint density at radius 3 is 2.19 bits per heavy atom. The van der Waals surface area contributed by atoms with Gasteiger partial charge in [-0.15, -0.1) is 0 Å². The lowest BCUT2D eigenvalue weighted by molar-refractivity contribution is -0.132. The fourth-order valence-corrected chi connectivity index (χ4v) is 3.58. The van der Waals surface area contributed by atoms with Crippen LogP contribution in [0, 0.1) is 5.92 Å². The van der Waals surface area contributed by atoms with Gasteiger partial charge in [0.15, 0.2) is 0 Å². The van der Waals surface area contributed by atoms with Gasteiger partial charge in [0, 0.05) is 19.1 Å². The molecule has 0 unspecified atom stereocenters. The second kappa shape index (κ2) is 7.59. The molecular formula is C17H31N3O. The van der Waals surface area contributed by atoms with Gasteiger partial charge in [-0.2, -0.15) is 0 Å². The van der Waals surface area contributed by atoms with Crippen LogP contribution in [0.15, 0.2) is 0 Å². The summed E-state index contributed by atoms with van der Waals surface area (Å²) >= 11 is 0. The highest BCUT2D eigenvalue weighted by Crippen LogP contribution is 2.22. The van der Waals surface area contributed by atoms with E-state index in [1.54, 1.807) is 0 Å². The fourth-order valence-electron chi connectivity index (χ4n) is 3.58. The SMILES string of the molecule is O=C(CN1CCC(CNC2CC2)CC1)N1CCCCCC1. The van der Waals surface area contributed by atoms with E-state index in [1.807, 2.05) is 0 Å². The van der Waals surface area contributed by atoms with Gasteiger partial charge in [0.05, 0.1) is 6.54 Å². The monoisotopic (exact) mass is 293 g/mol. The van der Waals surface area contributed by atoms with E-state index in [0.717, 1.165) is 38.1 Å². The van der Waals surface area contributed by atoms with Crippen molar-refractivity contribution in [2.75, 3.05) is 39.3 Å². The Kier molecular flexibility index (Phi) is 5.53. The van der Waals surface area contributed by atoms with E-state index < -0.39 is 0 Å². The number of nitrogens with one attached hydrogen (secondary N) is 1. The maximum atomic E-state index is 12.4. The van der Waals surface area contributed by atoms with Crippen molar-refractivity contribution < 1.29 is 4.79 Å². The van der Waals surface area contributed by atoms with Gasteiger partial charge >= 0.3 is 0 Å². The van der Waals surface area contributed by atoms with Crippen LogP contribution in [-0.2, 0) is 4.79 Å². The molecule has 2 saturated heterocycles. The molecule has 21 heavy (non-hydrogen) atoms. The first-order chi connectivity index (χ1) is 10.3. The Hall–Kier alpha value is -0.610. The standard InChI is InChI=1S/C17H31N3O/c21-17(20-9-3-1-2-4-10-20)14-19-11-7-15(8-12-19)13-18-16-5-6-16/h15-16,18H,1-14H2. The van der Waals surface area contributed by atoms with Crippen LogP contribution in [0.4, 0.5) is 0 Å². The molecule has 1 saturated carbocycles. The van der Waals surface area contributed by atoms with Crippen molar-refractivity contribution >= 4 is 5.91 Å². The van der Waals surface area contributed by atoms with E-state index in [9.17, 15) is 4.79 Å². The Morgan fingerprint density at radius 2 is 1.57 bits per heavy atom. The van der Waals surface area contributed by atoms with Gasteiger partial charge in [0.25, 0.3) is 0 Å². The highest BCUT2D eigenvalue weighted by atomic mass is 16.2. The summed E-state index contributed by atoms with van der Waals surface area (Å²) in [5, 5.41) is 3.65. The van der Waals surface area contributed by atoms with Crippen molar-refractivity contribution in [2.45, 2.75) is 57.4 Å². The van der Waals surface area contributed by atoms with Crippen molar-refractivity contribution in [3.63, 3.8) is 0 Å². The van der Waals surface area contributed by atoms with E-state index in [0.29, 0.717) is 12.5 Å². The first-order valence-corrected chi connectivity index (χ1v) is 9.05. The normalized spacial score (nSPS) is 25.8. The third kappa shape index (κ3) is 4.96. The molecule has 1 aliphatic carbocycles. The van der Waals surface area contributed by atoms with Crippen LogP contribution in [0.25, 0.3) is 0 Å². The zero-order valence-corrected chi connectivity index (χ0v) is 13.4. The van der Waals surface area contributed by atoms with Gasteiger partial charge < -0.3 is 10.2 Å². The lowest BCUT2D eigenvalue weighted by atomic mass is 9.97. The molecule has 3 aliphatic rings. The zero-order valence-electron chi connectivity index (χ0n) is 13.4. The minimum Gasteiger partial charge on any atom is -0.342 e. The average Bonchev–Trinajstić information content (AvgIpc) is 3.33. The molecule has 4 heteroatoms. The molecule has 0 radical (unpaired) electrons. The van der Waals surface area contributed by atoms with Gasteiger partial charge in [-0.25, -0.2) is 0 Å². The van der Waals surface area contributed by atoms with E-state index in [4.69, 9.17) is 0 Å². The highest BCUT2D eigenvalue weighted by molar-refractivity contribution is 5.78. The molecule has 0 aromatic rings. The number of likely N-dealkylation sites (tertiary alicyclic amines) is 2. The summed E-state index contributed by atoms with van der Waals surface area (Å²) in [5.74, 6) is 1.20. The number of amides is 1. The first-order valence-electron chi connectivity index (χ1n) is 9.05. The minimum absolute atomic E-state index is 0.367. The summed E-state index contributed by atoms with van der Waals surface area (Å²) in [4.78, 5) is 16.9. The van der Waals surface area contributed by atoms with Crippen LogP contribution in [0.3, 0.4) is 0 Å². The smallest absolute Gasteiger partial charge is 0.236 e. The number of nitrogens with zero attached hydrogens (tertiary/aromatic N) is 2. The summed E-state index contributed by atoms with van der Waals surface area (Å²) < 4.78 is 0. The Morgan fingerprint density at radius 1 is 0.905 bits per heavy atom. The third-order valence-corrected chi connectivity index (χ3v) is 5.30. The number of carbonyl (C=O) groups excluding carboxylic acids is 1. The Labute approximate surface area is 129 Å². The molecule has 0 spiro atoms. The molecule has 0 bridgehead atoms. The second-order valence-corrected chi connectivity index (χ2v) is 7.20. The number of hydrogen-bond acceptors (Lipinski definition) is 3. The molecule has 2 aliphatic heterocycles. The molecule has 120 valence electrons. The Bertz CT molecular complexity index is 327. The van der Waals surface area contributed by atoms with Crippen LogP contribution in [0.2, 0.25) is 0 Å². The lowest BCUT2D eigenvalue weighted by Gasteiger charge is -2.33. The number of carbonyl (C=O) groups is 1. The summed E-state index contributed by atoms with van der Waals surface area (Å²) in [6.07, 6.45) is 10.3. The molecule has 1 amide bonds. The quantitative estimate of drug-likeness (QED) is 0.840. The molecular weight excluding hydrogens is 262 g/mol. The number of piperidine rings is 1. The number of hydrogen-bond donors (Lipinski definition) is 1. The summed E-state index contributed by atoms with van der Waals surface area (Å²) in [7, 11) is 0. The van der Waals surface area contributed by atoms with Gasteiger partial charge in [-0.3, -0.25) is 9.69 Å². The lowest BCUT2D eigenvalue weighted by Crippen LogP contribution is -2.44. The van der Waals surface area contributed by atoms with Crippen LogP contribution >= 0.6 is 0 Å². The maximum Gasteiger partial charge on any atom is 0.236 e. The molecule has 3 rings (SSSR count). The van der Waals surface area contributed by atoms with Crippen LogP contribution in [-0.4, -0.2) is 61.0 Å². The fraction of sp³-hybridized carbons (Fsp3) is 0.941. The summed E-state index contributed by atoms with van der Waals surface area (Å²) in [5.41, 5.74) is 0. The molecule has 0 aromatic heterocycles. The van der Waals surface area contributed by atoms with Gasteiger partial charge in [0.1, 0.15) is 0 Å². The van der Waals surface area contributed by atoms with Crippen LogP contribution < -0.4 is 5.32 Å². The minimum atomic E-state index is 0.367. The predicted octanol–water partition coefficient (Wildman–Crippen LogP) is 1.85. The second-order valence-electron chi connectivity index (χ2n) is 7.20. The van der Waals surface area contributed by atoms with E-state index in [1.165, 1.54) is 57.9 Å². The predicted molar refractivity (Wildman–Crippen MR) is 85.2 cm³/mol. The van der Waals surface area contributed by atoms with Gasteiger partial charge in [-0.1, -0.05) is 12.8 Å². The first kappa shape index (κ1) is 15.3.